The maximum Gasteiger partial charge on any atom is 0.322 e. The van der Waals surface area contributed by atoms with E-state index in [0.717, 1.165) is 32.5 Å². The normalized spacial score (nSPS) is 14.3. The zero-order valence-electron chi connectivity index (χ0n) is 26.1. The van der Waals surface area contributed by atoms with Gasteiger partial charge in [0.1, 0.15) is 5.75 Å². The molecule has 8 nitrogen and oxygen atoms in total. The molecule has 1 saturated heterocycles. The first-order chi connectivity index (χ1) is 21.8. The van der Waals surface area contributed by atoms with Crippen LogP contribution in [0.4, 0.5) is 4.39 Å². The molecule has 0 unspecified atom stereocenters. The van der Waals surface area contributed by atoms with E-state index in [-0.39, 0.29) is 52.6 Å². The van der Waals surface area contributed by atoms with Gasteiger partial charge < -0.3 is 10.0 Å². The molecule has 46 heavy (non-hydrogen) atoms. The number of para-hydroxylation sites is 1. The first kappa shape index (κ1) is 31.2. The summed E-state index contributed by atoms with van der Waals surface area (Å²) in [7, 11) is 0. The zero-order chi connectivity index (χ0) is 33.1. The molecule has 0 saturated carbocycles. The van der Waals surface area contributed by atoms with Crippen molar-refractivity contribution >= 4 is 39.4 Å². The Morgan fingerprint density at radius 1 is 1.02 bits per heavy atom. The number of halogens is 2. The minimum absolute atomic E-state index is 0.00394. The van der Waals surface area contributed by atoms with Gasteiger partial charge in [-0.3, -0.25) is 23.5 Å². The van der Waals surface area contributed by atoms with Crippen LogP contribution in [0.5, 0.6) is 5.75 Å². The molecule has 3 aromatic carbocycles. The molecule has 1 N–H and O–H groups in total. The third kappa shape index (κ3) is 5.18. The zero-order valence-corrected chi connectivity index (χ0v) is 26.8. The lowest BCUT2D eigenvalue weighted by atomic mass is 9.92. The molecular weight excluding hydrogens is 607 g/mol. The Morgan fingerprint density at radius 3 is 2.30 bits per heavy atom. The van der Waals surface area contributed by atoms with Crippen LogP contribution in [0.15, 0.2) is 82.9 Å². The lowest BCUT2D eigenvalue weighted by Crippen LogP contribution is -2.63. The van der Waals surface area contributed by atoms with E-state index in [2.05, 4.69) is 6.58 Å². The third-order valence-corrected chi connectivity index (χ3v) is 8.90. The van der Waals surface area contributed by atoms with Crippen molar-refractivity contribution in [3.8, 4) is 22.7 Å². The van der Waals surface area contributed by atoms with Gasteiger partial charge in [-0.25, -0.2) is 9.37 Å². The summed E-state index contributed by atoms with van der Waals surface area (Å²) >= 11 is 6.91. The van der Waals surface area contributed by atoms with E-state index in [1.165, 1.54) is 15.5 Å². The van der Waals surface area contributed by atoms with Crippen LogP contribution < -0.4 is 11.1 Å². The van der Waals surface area contributed by atoms with Gasteiger partial charge in [-0.2, -0.15) is 0 Å². The van der Waals surface area contributed by atoms with E-state index in [0.29, 0.717) is 11.3 Å². The minimum atomic E-state index is -1.96. The number of hydrogen-bond donors (Lipinski definition) is 1. The molecular formula is C36H34ClFN4O4. The standard InChI is InChI=1S/C36H34ClFN4O4/c1-6-30(44)40-17-36(38,18-40)19-41-29-16-28(37)31(27-15-23(43)14-22-10-7-8-11-26(22)27)39-33(29)42(35(46)34(41)45)32-24(20(2)3)12-9-13-25(32)21(4)5/h6-16,20-21,43H,1,17-19H2,2-5H3. The Bertz CT molecular complexity index is 2150. The van der Waals surface area contributed by atoms with Crippen molar-refractivity contribution in [3.05, 3.63) is 110 Å². The van der Waals surface area contributed by atoms with Gasteiger partial charge >= 0.3 is 11.1 Å². The molecule has 1 aliphatic heterocycles. The summed E-state index contributed by atoms with van der Waals surface area (Å²) in [6.07, 6.45) is 1.11. The van der Waals surface area contributed by atoms with Crippen LogP contribution in [0.25, 0.3) is 38.9 Å². The third-order valence-electron chi connectivity index (χ3n) is 8.61. The van der Waals surface area contributed by atoms with Crippen LogP contribution in [-0.4, -0.2) is 48.8 Å². The van der Waals surface area contributed by atoms with Gasteiger partial charge in [0.15, 0.2) is 11.3 Å². The number of amides is 1. The van der Waals surface area contributed by atoms with E-state index in [1.807, 2.05) is 70.2 Å². The molecule has 1 fully saturated rings. The van der Waals surface area contributed by atoms with Gasteiger partial charge in [-0.1, -0.05) is 88.3 Å². The predicted octanol–water partition coefficient (Wildman–Crippen LogP) is 6.71. The number of pyridine rings is 1. The molecule has 6 rings (SSSR count). The average Bonchev–Trinajstić information content (AvgIpc) is 3.01. The Balaban J connectivity index is 1.71. The van der Waals surface area contributed by atoms with E-state index in [4.69, 9.17) is 16.6 Å². The number of benzene rings is 3. The molecule has 5 aromatic rings. The highest BCUT2D eigenvalue weighted by molar-refractivity contribution is 6.34. The number of likely N-dealkylation sites (tertiary alicyclic amines) is 1. The fourth-order valence-corrected chi connectivity index (χ4v) is 6.62. The van der Waals surface area contributed by atoms with Crippen LogP contribution in [0.3, 0.4) is 0 Å². The molecule has 0 radical (unpaired) electrons. The van der Waals surface area contributed by atoms with Crippen molar-refractivity contribution in [2.75, 3.05) is 13.1 Å². The highest BCUT2D eigenvalue weighted by Gasteiger charge is 2.46. The molecule has 1 amide bonds. The number of aromatic nitrogens is 3. The fourth-order valence-electron chi connectivity index (χ4n) is 6.37. The summed E-state index contributed by atoms with van der Waals surface area (Å²) < 4.78 is 18.4. The SMILES string of the molecule is C=CC(=O)N1CC(F)(Cn2c(=O)c(=O)n(-c3c(C(C)C)cccc3C(C)C)c3nc(-c4cc(O)cc5ccccc45)c(Cl)cc32)C1. The van der Waals surface area contributed by atoms with Crippen LogP contribution in [0.1, 0.15) is 50.7 Å². The van der Waals surface area contributed by atoms with Crippen LogP contribution in [-0.2, 0) is 11.3 Å². The Kier molecular flexibility index (Phi) is 7.84. The minimum Gasteiger partial charge on any atom is -0.508 e. The van der Waals surface area contributed by atoms with Gasteiger partial charge in [-0.15, -0.1) is 0 Å². The summed E-state index contributed by atoms with van der Waals surface area (Å²) in [5.74, 6) is -0.445. The Hall–Kier alpha value is -4.76. The summed E-state index contributed by atoms with van der Waals surface area (Å²) in [5.41, 5.74) is -0.441. The van der Waals surface area contributed by atoms with Gasteiger partial charge in [0.05, 0.1) is 41.6 Å². The van der Waals surface area contributed by atoms with Crippen molar-refractivity contribution in [1.29, 1.82) is 0 Å². The largest absolute Gasteiger partial charge is 0.508 e. The van der Waals surface area contributed by atoms with Crippen LogP contribution in [0.2, 0.25) is 5.02 Å². The van der Waals surface area contributed by atoms with Crippen LogP contribution in [0, 0.1) is 0 Å². The Morgan fingerprint density at radius 2 is 1.67 bits per heavy atom. The molecule has 3 heterocycles. The van der Waals surface area contributed by atoms with Crippen molar-refractivity contribution < 1.29 is 14.3 Å². The molecule has 2 aromatic heterocycles. The summed E-state index contributed by atoms with van der Waals surface area (Å²) in [6, 6.07) is 17.9. The summed E-state index contributed by atoms with van der Waals surface area (Å²) in [5, 5.41) is 12.3. The lowest BCUT2D eigenvalue weighted by Gasteiger charge is -2.44. The maximum absolute atomic E-state index is 16.0. The number of alkyl halides is 1. The second-order valence-corrected chi connectivity index (χ2v) is 13.0. The molecule has 0 atom stereocenters. The van der Waals surface area contributed by atoms with Gasteiger partial charge in [-0.05, 0) is 58.0 Å². The molecule has 236 valence electrons. The second-order valence-electron chi connectivity index (χ2n) is 12.6. The number of rotatable bonds is 7. The quantitative estimate of drug-likeness (QED) is 0.158. The number of phenolic OH excluding ortho intramolecular Hbond substituents is 1. The molecule has 1 aliphatic rings. The van der Waals surface area contributed by atoms with Crippen molar-refractivity contribution in [2.24, 2.45) is 0 Å². The highest BCUT2D eigenvalue weighted by atomic mass is 35.5. The average molecular weight is 641 g/mol. The molecule has 0 spiro atoms. The van der Waals surface area contributed by atoms with Crippen molar-refractivity contribution in [1.82, 2.24) is 19.0 Å². The van der Waals surface area contributed by atoms with E-state index < -0.39 is 29.2 Å². The van der Waals surface area contributed by atoms with E-state index in [1.54, 1.807) is 12.1 Å². The smallest absolute Gasteiger partial charge is 0.322 e. The summed E-state index contributed by atoms with van der Waals surface area (Å²) in [6.45, 7) is 10.5. The fraction of sp³-hybridized carbons (Fsp3) is 0.278. The first-order valence-electron chi connectivity index (χ1n) is 15.1. The van der Waals surface area contributed by atoms with Crippen molar-refractivity contribution in [3.63, 3.8) is 0 Å². The van der Waals surface area contributed by atoms with Gasteiger partial charge in [0.25, 0.3) is 0 Å². The number of carbonyl (C=O) groups excluding carboxylic acids is 1. The maximum atomic E-state index is 16.0. The van der Waals surface area contributed by atoms with Gasteiger partial charge in [0.2, 0.25) is 5.91 Å². The topological polar surface area (TPSA) is 97.4 Å². The number of nitrogens with zero attached hydrogens (tertiary/aromatic N) is 4. The monoisotopic (exact) mass is 640 g/mol. The van der Waals surface area contributed by atoms with E-state index >= 15 is 4.39 Å². The van der Waals surface area contributed by atoms with Gasteiger partial charge in [0, 0.05) is 5.56 Å². The lowest BCUT2D eigenvalue weighted by molar-refractivity contribution is -0.141. The molecule has 10 heteroatoms. The highest BCUT2D eigenvalue weighted by Crippen LogP contribution is 2.38. The number of fused-ring (bicyclic) bond motifs is 2. The molecule has 0 aliphatic carbocycles. The van der Waals surface area contributed by atoms with Crippen LogP contribution >= 0.6 is 11.6 Å². The van der Waals surface area contributed by atoms with E-state index in [9.17, 15) is 19.5 Å². The number of hydrogen-bond acceptors (Lipinski definition) is 5. The number of aromatic hydroxyl groups is 1. The number of carbonyl (C=O) groups is 1. The second kappa shape index (κ2) is 11.6. The Labute approximate surface area is 270 Å². The number of phenols is 1. The summed E-state index contributed by atoms with van der Waals surface area (Å²) in [4.78, 5) is 46.6. The molecule has 0 bridgehead atoms. The van der Waals surface area contributed by atoms with Crippen molar-refractivity contribution in [2.45, 2.75) is 51.7 Å². The first-order valence-corrected chi connectivity index (χ1v) is 15.5. The predicted molar refractivity (Wildman–Crippen MR) is 180 cm³/mol.